The Morgan fingerprint density at radius 1 is 1.44 bits per heavy atom. The monoisotopic (exact) mass is 263 g/mol. The predicted molar refractivity (Wildman–Crippen MR) is 66.8 cm³/mol. The van der Waals surface area contributed by atoms with Crippen LogP contribution in [-0.4, -0.2) is 18.6 Å². The second-order valence-electron chi connectivity index (χ2n) is 3.10. The largest absolute Gasteiger partial charge is 0.465 e. The Morgan fingerprint density at radius 3 is 2.56 bits per heavy atom. The number of nitrogens with one attached hydrogen (secondary N) is 1. The third kappa shape index (κ3) is 4.84. The van der Waals surface area contributed by atoms with Crippen molar-refractivity contribution in [1.82, 2.24) is 4.84 Å². The van der Waals surface area contributed by atoms with Gasteiger partial charge in [-0.15, -0.1) is 12.4 Å². The number of rotatable bonds is 5. The first-order valence-corrected chi connectivity index (χ1v) is 5.22. The summed E-state index contributed by atoms with van der Waals surface area (Å²) in [5, 5.41) is 0. The van der Waals surface area contributed by atoms with E-state index in [4.69, 9.17) is 16.5 Å². The van der Waals surface area contributed by atoms with Crippen LogP contribution >= 0.6 is 24.2 Å². The van der Waals surface area contributed by atoms with Crippen LogP contribution in [0.25, 0.3) is 0 Å². The number of halogens is 2. The molecule has 1 aromatic rings. The smallest absolute Gasteiger partial charge is 0.324 e. The van der Waals surface area contributed by atoms with E-state index in [2.05, 4.69) is 4.84 Å². The van der Waals surface area contributed by atoms with Crippen LogP contribution in [0.5, 0.6) is 0 Å². The van der Waals surface area contributed by atoms with Crippen LogP contribution in [0.4, 0.5) is 0 Å². The van der Waals surface area contributed by atoms with Crippen molar-refractivity contribution in [1.29, 1.82) is 0 Å². The lowest BCUT2D eigenvalue weighted by atomic mass is 10.1. The van der Waals surface area contributed by atoms with Gasteiger partial charge in [-0.2, -0.15) is 0 Å². The van der Waals surface area contributed by atoms with Crippen molar-refractivity contribution in [2.75, 3.05) is 6.61 Å². The maximum Gasteiger partial charge on any atom is 0.324 e. The van der Waals surface area contributed by atoms with Crippen LogP contribution in [0.1, 0.15) is 12.5 Å². The normalized spacial score (nSPS) is 11.4. The van der Waals surface area contributed by atoms with Crippen molar-refractivity contribution in [2.45, 2.75) is 19.4 Å². The molecule has 0 aliphatic rings. The molecule has 0 fully saturated rings. The molecule has 90 valence electrons. The van der Waals surface area contributed by atoms with Crippen LogP contribution in [0, 0.1) is 0 Å². The number of carbonyl (C=O) groups is 1. The molecule has 1 rings (SSSR count). The summed E-state index contributed by atoms with van der Waals surface area (Å²) in [6.45, 7) is 2.13. The summed E-state index contributed by atoms with van der Waals surface area (Å²) >= 11 is 5.50. The number of esters is 1. The Balaban J connectivity index is 0.00000225. The predicted octanol–water partition coefficient (Wildman–Crippen LogP) is 2.33. The second-order valence-corrected chi connectivity index (χ2v) is 3.32. The van der Waals surface area contributed by atoms with Gasteiger partial charge in [-0.05, 0) is 30.7 Å². The van der Waals surface area contributed by atoms with Gasteiger partial charge in [0.2, 0.25) is 0 Å². The number of hydrogen-bond acceptors (Lipinski definition) is 3. The Morgan fingerprint density at radius 2 is 2.06 bits per heavy atom. The zero-order valence-corrected chi connectivity index (χ0v) is 10.6. The first-order chi connectivity index (χ1) is 7.27. The Kier molecular flexibility index (Phi) is 7.99. The highest BCUT2D eigenvalue weighted by molar-refractivity contribution is 6.14. The lowest BCUT2D eigenvalue weighted by Gasteiger charge is -2.12. The minimum atomic E-state index is -0.492. The number of ether oxygens (including phenoxy) is 1. The van der Waals surface area contributed by atoms with Gasteiger partial charge in [-0.25, -0.2) is 4.84 Å². The summed E-state index contributed by atoms with van der Waals surface area (Å²) in [4.78, 5) is 13.8. The third-order valence-corrected chi connectivity index (χ3v) is 2.25. The first-order valence-electron chi connectivity index (χ1n) is 4.84. The van der Waals surface area contributed by atoms with E-state index in [1.54, 1.807) is 6.92 Å². The zero-order valence-electron chi connectivity index (χ0n) is 8.98. The van der Waals surface area contributed by atoms with E-state index in [-0.39, 0.29) is 18.4 Å². The minimum Gasteiger partial charge on any atom is -0.465 e. The number of carbonyl (C=O) groups excluding carboxylic acids is 1. The van der Waals surface area contributed by atoms with Crippen LogP contribution in [0.15, 0.2) is 30.3 Å². The molecular weight excluding hydrogens is 249 g/mol. The van der Waals surface area contributed by atoms with Gasteiger partial charge in [0.05, 0.1) is 6.61 Å². The van der Waals surface area contributed by atoms with Crippen molar-refractivity contribution < 1.29 is 9.53 Å². The van der Waals surface area contributed by atoms with Gasteiger partial charge < -0.3 is 4.74 Å². The second kappa shape index (κ2) is 8.39. The lowest BCUT2D eigenvalue weighted by Crippen LogP contribution is -2.34. The van der Waals surface area contributed by atoms with E-state index in [1.807, 2.05) is 30.3 Å². The molecule has 0 heterocycles. The van der Waals surface area contributed by atoms with Crippen LogP contribution in [-0.2, 0) is 16.0 Å². The van der Waals surface area contributed by atoms with Crippen LogP contribution in [0.2, 0.25) is 0 Å². The van der Waals surface area contributed by atoms with Crippen molar-refractivity contribution in [3.8, 4) is 0 Å². The van der Waals surface area contributed by atoms with Crippen molar-refractivity contribution in [3.05, 3.63) is 35.9 Å². The molecule has 16 heavy (non-hydrogen) atoms. The van der Waals surface area contributed by atoms with Crippen LogP contribution < -0.4 is 4.84 Å². The van der Waals surface area contributed by atoms with Crippen LogP contribution in [0.3, 0.4) is 0 Å². The zero-order chi connectivity index (χ0) is 11.1. The molecule has 0 spiro atoms. The molecular formula is C11H15Cl2NO2. The molecule has 0 unspecified atom stereocenters. The molecule has 1 atom stereocenters. The summed E-state index contributed by atoms with van der Waals surface area (Å²) in [5.74, 6) is -0.323. The molecule has 0 aliphatic carbocycles. The Labute approximate surface area is 107 Å². The molecule has 5 heteroatoms. The van der Waals surface area contributed by atoms with Gasteiger partial charge in [-0.3, -0.25) is 4.79 Å². The van der Waals surface area contributed by atoms with Gasteiger partial charge in [0.1, 0.15) is 6.04 Å². The Bertz CT molecular complexity index is 306. The minimum absolute atomic E-state index is 0. The van der Waals surface area contributed by atoms with E-state index < -0.39 is 6.04 Å². The average Bonchev–Trinajstić information content (AvgIpc) is 2.27. The third-order valence-electron chi connectivity index (χ3n) is 1.99. The molecule has 0 aromatic heterocycles. The summed E-state index contributed by atoms with van der Waals surface area (Å²) < 4.78 is 4.88. The topological polar surface area (TPSA) is 38.3 Å². The van der Waals surface area contributed by atoms with Gasteiger partial charge in [-0.1, -0.05) is 30.3 Å². The molecule has 0 bridgehead atoms. The standard InChI is InChI=1S/C11H14ClNO2.ClH/c1-2-15-11(14)10(13-12)8-9-6-4-3-5-7-9;/h3-7,10,13H,2,8H2,1H3;1H/t10-;/m0./s1. The molecule has 3 nitrogen and oxygen atoms in total. The van der Waals surface area contributed by atoms with E-state index >= 15 is 0 Å². The molecule has 0 aliphatic heterocycles. The summed E-state index contributed by atoms with van der Waals surface area (Å²) in [6, 6.07) is 9.17. The fourth-order valence-corrected chi connectivity index (χ4v) is 1.43. The maximum absolute atomic E-state index is 11.4. The highest BCUT2D eigenvalue weighted by Crippen LogP contribution is 2.05. The highest BCUT2D eigenvalue weighted by atomic mass is 35.5. The average molecular weight is 264 g/mol. The fourth-order valence-electron chi connectivity index (χ4n) is 1.26. The lowest BCUT2D eigenvalue weighted by molar-refractivity contribution is -0.145. The molecule has 0 saturated carbocycles. The quantitative estimate of drug-likeness (QED) is 0.655. The highest BCUT2D eigenvalue weighted by Gasteiger charge is 2.18. The van der Waals surface area contributed by atoms with Crippen molar-refractivity contribution in [2.24, 2.45) is 0 Å². The van der Waals surface area contributed by atoms with E-state index in [0.717, 1.165) is 5.56 Å². The van der Waals surface area contributed by atoms with E-state index in [9.17, 15) is 4.79 Å². The van der Waals surface area contributed by atoms with Gasteiger partial charge in [0.15, 0.2) is 0 Å². The van der Waals surface area contributed by atoms with Crippen molar-refractivity contribution in [3.63, 3.8) is 0 Å². The number of hydrogen-bond donors (Lipinski definition) is 1. The van der Waals surface area contributed by atoms with E-state index in [0.29, 0.717) is 13.0 Å². The van der Waals surface area contributed by atoms with Gasteiger partial charge >= 0.3 is 5.97 Å². The SMILES string of the molecule is CCOC(=O)[C@H](Cc1ccccc1)NCl.Cl. The molecule has 0 saturated heterocycles. The molecule has 0 radical (unpaired) electrons. The number of benzene rings is 1. The summed E-state index contributed by atoms with van der Waals surface area (Å²) in [6.07, 6.45) is 0.531. The summed E-state index contributed by atoms with van der Waals surface area (Å²) in [5.41, 5.74) is 1.05. The fraction of sp³-hybridized carbons (Fsp3) is 0.364. The van der Waals surface area contributed by atoms with E-state index in [1.165, 1.54) is 0 Å². The summed E-state index contributed by atoms with van der Waals surface area (Å²) in [7, 11) is 0. The van der Waals surface area contributed by atoms with Gasteiger partial charge in [0, 0.05) is 0 Å². The molecule has 0 amide bonds. The molecule has 1 aromatic carbocycles. The van der Waals surface area contributed by atoms with Crippen molar-refractivity contribution >= 4 is 30.2 Å². The first kappa shape index (κ1) is 15.2. The molecule has 1 N–H and O–H groups in total. The maximum atomic E-state index is 11.4. The van der Waals surface area contributed by atoms with Gasteiger partial charge in [0.25, 0.3) is 0 Å². The Hall–Kier alpha value is -0.770.